The molecule has 1 aromatic heterocycles. The Labute approximate surface area is 131 Å². The van der Waals surface area contributed by atoms with Crippen molar-refractivity contribution in [1.29, 1.82) is 0 Å². The molecule has 2 heterocycles. The van der Waals surface area contributed by atoms with Gasteiger partial charge in [-0.1, -0.05) is 6.42 Å². The number of pyridine rings is 1. The maximum atomic E-state index is 12.7. The van der Waals surface area contributed by atoms with Crippen molar-refractivity contribution in [2.45, 2.75) is 32.6 Å². The lowest BCUT2D eigenvalue weighted by atomic mass is 9.76. The Kier molecular flexibility index (Phi) is 3.89. The van der Waals surface area contributed by atoms with Gasteiger partial charge < -0.3 is 10.2 Å². The van der Waals surface area contributed by atoms with Gasteiger partial charge >= 0.3 is 0 Å². The van der Waals surface area contributed by atoms with Gasteiger partial charge in [0.25, 0.3) is 5.91 Å². The van der Waals surface area contributed by atoms with Gasteiger partial charge in [-0.15, -0.1) is 0 Å². The second-order valence-electron chi connectivity index (χ2n) is 6.65. The van der Waals surface area contributed by atoms with E-state index < -0.39 is 0 Å². The number of hydrogen-bond donors (Lipinski definition) is 1. The summed E-state index contributed by atoms with van der Waals surface area (Å²) < 4.78 is 0. The van der Waals surface area contributed by atoms with Crippen LogP contribution in [-0.2, 0) is 4.79 Å². The van der Waals surface area contributed by atoms with Crippen LogP contribution in [0.3, 0.4) is 0 Å². The minimum absolute atomic E-state index is 0.0208. The van der Waals surface area contributed by atoms with Crippen LogP contribution in [0.2, 0.25) is 0 Å². The minimum atomic E-state index is -0.0208. The Bertz CT molecular complexity index is 601. The second kappa shape index (κ2) is 5.71. The minimum Gasteiger partial charge on any atom is -0.359 e. The molecule has 1 saturated carbocycles. The van der Waals surface area contributed by atoms with Gasteiger partial charge in [-0.25, -0.2) is 0 Å². The Balaban J connectivity index is 1.77. The van der Waals surface area contributed by atoms with Crippen LogP contribution in [0.1, 0.15) is 41.6 Å². The first-order valence-corrected chi connectivity index (χ1v) is 7.98. The fraction of sp³-hybridized carbons (Fsp3) is 0.588. The van der Waals surface area contributed by atoms with E-state index in [9.17, 15) is 9.59 Å². The Morgan fingerprint density at radius 1 is 1.36 bits per heavy atom. The molecule has 2 fully saturated rings. The summed E-state index contributed by atoms with van der Waals surface area (Å²) in [6.45, 7) is 3.37. The van der Waals surface area contributed by atoms with Crippen LogP contribution >= 0.6 is 0 Å². The molecule has 0 bridgehead atoms. The lowest BCUT2D eigenvalue weighted by molar-refractivity contribution is -0.127. The molecule has 5 nitrogen and oxygen atoms in total. The lowest BCUT2D eigenvalue weighted by Crippen LogP contribution is -2.40. The van der Waals surface area contributed by atoms with E-state index in [4.69, 9.17) is 0 Å². The first-order valence-electron chi connectivity index (χ1n) is 7.98. The first-order chi connectivity index (χ1) is 10.6. The summed E-state index contributed by atoms with van der Waals surface area (Å²) in [5.74, 6) is 0.214. The number of hydrogen-bond acceptors (Lipinski definition) is 3. The number of amides is 2. The molecule has 5 heteroatoms. The van der Waals surface area contributed by atoms with Crippen LogP contribution in [0.5, 0.6) is 0 Å². The first kappa shape index (κ1) is 15.0. The smallest absolute Gasteiger partial charge is 0.255 e. The quantitative estimate of drug-likeness (QED) is 0.905. The third kappa shape index (κ3) is 2.49. The standard InChI is InChI=1S/C17H23N3O2/c1-12-8-13(10-19-9-12)16(22)20-7-6-17(11-20)5-3-4-14(17)15(21)18-2/h8-10,14H,3-7,11H2,1-2H3,(H,18,21). The molecular weight excluding hydrogens is 278 g/mol. The van der Waals surface area contributed by atoms with Gasteiger partial charge in [-0.3, -0.25) is 14.6 Å². The predicted molar refractivity (Wildman–Crippen MR) is 83.3 cm³/mol. The maximum absolute atomic E-state index is 12.7. The van der Waals surface area contributed by atoms with Gasteiger partial charge in [-0.05, 0) is 37.8 Å². The van der Waals surface area contributed by atoms with E-state index in [1.165, 1.54) is 0 Å². The topological polar surface area (TPSA) is 62.3 Å². The third-order valence-corrected chi connectivity index (χ3v) is 5.26. The molecule has 1 aromatic rings. The molecular formula is C17H23N3O2. The summed E-state index contributed by atoms with van der Waals surface area (Å²) in [7, 11) is 1.70. The molecule has 2 atom stereocenters. The zero-order valence-corrected chi connectivity index (χ0v) is 13.3. The Morgan fingerprint density at radius 3 is 2.91 bits per heavy atom. The Hall–Kier alpha value is -1.91. The molecule has 1 saturated heterocycles. The van der Waals surface area contributed by atoms with Gasteiger partial charge in [0.15, 0.2) is 0 Å². The third-order valence-electron chi connectivity index (χ3n) is 5.26. The van der Waals surface area contributed by atoms with Crippen LogP contribution in [0, 0.1) is 18.3 Å². The van der Waals surface area contributed by atoms with E-state index in [1.54, 1.807) is 19.4 Å². The largest absolute Gasteiger partial charge is 0.359 e. The van der Waals surface area contributed by atoms with Crippen molar-refractivity contribution >= 4 is 11.8 Å². The number of nitrogens with zero attached hydrogens (tertiary/aromatic N) is 2. The van der Waals surface area contributed by atoms with E-state index in [2.05, 4.69) is 10.3 Å². The van der Waals surface area contributed by atoms with Crippen molar-refractivity contribution < 1.29 is 9.59 Å². The molecule has 22 heavy (non-hydrogen) atoms. The molecule has 1 aliphatic carbocycles. The number of aromatic nitrogens is 1. The highest BCUT2D eigenvalue weighted by molar-refractivity contribution is 5.94. The fourth-order valence-electron chi connectivity index (χ4n) is 4.13. The molecule has 1 N–H and O–H groups in total. The molecule has 1 spiro atoms. The van der Waals surface area contributed by atoms with Crippen molar-refractivity contribution in [2.75, 3.05) is 20.1 Å². The summed E-state index contributed by atoms with van der Waals surface area (Å²) in [6.07, 6.45) is 7.36. The number of carbonyl (C=O) groups is 2. The summed E-state index contributed by atoms with van der Waals surface area (Å²) in [5, 5.41) is 2.79. The second-order valence-corrected chi connectivity index (χ2v) is 6.65. The number of rotatable bonds is 2. The average Bonchev–Trinajstić information content (AvgIpc) is 3.13. The van der Waals surface area contributed by atoms with Gasteiger partial charge in [0.1, 0.15) is 0 Å². The van der Waals surface area contributed by atoms with Crippen LogP contribution in [0.4, 0.5) is 0 Å². The maximum Gasteiger partial charge on any atom is 0.255 e. The van der Waals surface area contributed by atoms with E-state index in [-0.39, 0.29) is 23.1 Å². The van der Waals surface area contributed by atoms with Gasteiger partial charge in [0.2, 0.25) is 5.91 Å². The van der Waals surface area contributed by atoms with Crippen LogP contribution in [0.25, 0.3) is 0 Å². The summed E-state index contributed by atoms with van der Waals surface area (Å²) in [5.41, 5.74) is 1.61. The number of carbonyl (C=O) groups excluding carboxylic acids is 2. The molecule has 0 radical (unpaired) electrons. The highest BCUT2D eigenvalue weighted by atomic mass is 16.2. The average molecular weight is 301 g/mol. The van der Waals surface area contributed by atoms with E-state index >= 15 is 0 Å². The summed E-state index contributed by atoms with van der Waals surface area (Å²) >= 11 is 0. The van der Waals surface area contributed by atoms with Gasteiger partial charge in [0.05, 0.1) is 5.56 Å². The predicted octanol–water partition coefficient (Wildman–Crippen LogP) is 1.77. The number of aryl methyl sites for hydroxylation is 1. The van der Waals surface area contributed by atoms with Crippen molar-refractivity contribution in [2.24, 2.45) is 11.3 Å². The van der Waals surface area contributed by atoms with E-state index in [0.29, 0.717) is 12.1 Å². The number of likely N-dealkylation sites (tertiary alicyclic amines) is 1. The van der Waals surface area contributed by atoms with E-state index in [0.717, 1.165) is 37.8 Å². The van der Waals surface area contributed by atoms with Crippen molar-refractivity contribution in [3.05, 3.63) is 29.6 Å². The monoisotopic (exact) mass is 301 g/mol. The fourth-order valence-corrected chi connectivity index (χ4v) is 4.13. The van der Waals surface area contributed by atoms with Crippen molar-refractivity contribution in [3.63, 3.8) is 0 Å². The summed E-state index contributed by atoms with van der Waals surface area (Å²) in [6, 6.07) is 1.88. The normalized spacial score (nSPS) is 27.4. The van der Waals surface area contributed by atoms with E-state index in [1.807, 2.05) is 17.9 Å². The van der Waals surface area contributed by atoms with Crippen LogP contribution in [-0.4, -0.2) is 41.8 Å². The van der Waals surface area contributed by atoms with Crippen LogP contribution < -0.4 is 5.32 Å². The molecule has 2 aliphatic rings. The highest BCUT2D eigenvalue weighted by Gasteiger charge is 2.51. The molecule has 3 rings (SSSR count). The SMILES string of the molecule is CNC(=O)C1CCCC12CCN(C(=O)c1cncc(C)c1)C2. The molecule has 1 aliphatic heterocycles. The molecule has 0 aromatic carbocycles. The number of nitrogens with one attached hydrogen (secondary N) is 1. The summed E-state index contributed by atoms with van der Waals surface area (Å²) in [4.78, 5) is 30.8. The van der Waals surface area contributed by atoms with Crippen molar-refractivity contribution in [3.8, 4) is 0 Å². The molecule has 2 amide bonds. The van der Waals surface area contributed by atoms with Crippen LogP contribution in [0.15, 0.2) is 18.5 Å². The highest BCUT2D eigenvalue weighted by Crippen LogP contribution is 2.50. The lowest BCUT2D eigenvalue weighted by Gasteiger charge is -2.30. The molecule has 2 unspecified atom stereocenters. The molecule has 118 valence electrons. The van der Waals surface area contributed by atoms with Gasteiger partial charge in [-0.2, -0.15) is 0 Å². The zero-order valence-electron chi connectivity index (χ0n) is 13.3. The van der Waals surface area contributed by atoms with Crippen molar-refractivity contribution in [1.82, 2.24) is 15.2 Å². The van der Waals surface area contributed by atoms with Gasteiger partial charge in [0, 0.05) is 43.9 Å². The zero-order chi connectivity index (χ0) is 15.7. The Morgan fingerprint density at radius 2 is 2.18 bits per heavy atom.